The van der Waals surface area contributed by atoms with Crippen LogP contribution in [0.5, 0.6) is 11.5 Å². The van der Waals surface area contributed by atoms with Crippen LogP contribution < -0.4 is 9.47 Å². The minimum absolute atomic E-state index is 0.0167. The molecule has 118 heavy (non-hydrogen) atoms. The van der Waals surface area contributed by atoms with Crippen LogP contribution in [-0.2, 0) is 0 Å². The third-order valence-corrected chi connectivity index (χ3v) is 23.3. The van der Waals surface area contributed by atoms with E-state index >= 15 is 0 Å². The van der Waals surface area contributed by atoms with E-state index in [-0.39, 0.29) is 24.0 Å². The normalized spacial score (nSPS) is 15.0. The standard InChI is InChI=1S/C57H38N4O.C51H34N4O/c1-4-14-37(15-5-1)40-26-29-46(30-27-40)61-50-25-11-10-24-48(50)53-51(61)32-31-47-49-36-45(28-33-52(49)62-54(47)53)57-59-55(43-22-12-20-41(34-43)38-16-6-2-7-17-38)58-56(60-57)44-23-13-21-42(35-44)39-18-8-3-9-19-39;1-4-13-33(14-5-1)34-23-25-35(26-24-34)38-19-12-20-40(31-38)55-44-22-11-10-21-42(44)47-45(55)29-28-41-43-32-39(27-30-46(43)56-48(41)47)51-53-49(36-15-6-2-7-16-36)52-50(54-51)37-17-8-3-9-18-37/h1-36,47,54H;1-32,41,48H. The lowest BCUT2D eigenvalue weighted by atomic mass is 9.85. The maximum absolute atomic E-state index is 6.94. The highest BCUT2D eigenvalue weighted by atomic mass is 16.5. The quantitative estimate of drug-likeness (QED) is 0.112. The van der Waals surface area contributed by atoms with Gasteiger partial charge in [0.05, 0.1) is 22.4 Å². The fourth-order valence-corrected chi connectivity index (χ4v) is 17.6. The Kier molecular flexibility index (Phi) is 17.3. The van der Waals surface area contributed by atoms with E-state index in [1.54, 1.807) is 0 Å². The second kappa shape index (κ2) is 29.5. The summed E-state index contributed by atoms with van der Waals surface area (Å²) < 4.78 is 18.6. The maximum atomic E-state index is 6.94. The predicted molar refractivity (Wildman–Crippen MR) is 476 cm³/mol. The van der Waals surface area contributed by atoms with Crippen molar-refractivity contribution >= 4 is 34.0 Å². The van der Waals surface area contributed by atoms with Gasteiger partial charge in [-0.1, -0.05) is 315 Å². The molecule has 10 heteroatoms. The van der Waals surface area contributed by atoms with Gasteiger partial charge in [0.1, 0.15) is 23.7 Å². The van der Waals surface area contributed by atoms with Crippen molar-refractivity contribution in [2.24, 2.45) is 0 Å². The summed E-state index contributed by atoms with van der Waals surface area (Å²) in [6.45, 7) is 0. The molecule has 0 radical (unpaired) electrons. The van der Waals surface area contributed by atoms with Crippen molar-refractivity contribution in [3.63, 3.8) is 0 Å². The van der Waals surface area contributed by atoms with Gasteiger partial charge in [0.15, 0.2) is 34.9 Å². The van der Waals surface area contributed by atoms with Gasteiger partial charge in [-0.2, -0.15) is 0 Å². The Morgan fingerprint density at radius 2 is 0.492 bits per heavy atom. The Balaban J connectivity index is 0.000000143. The molecular formula is C108H72N8O2. The first-order valence-electron chi connectivity index (χ1n) is 40.1. The zero-order valence-electron chi connectivity index (χ0n) is 64.0. The molecule has 6 heterocycles. The largest absolute Gasteiger partial charge is 0.484 e. The van der Waals surface area contributed by atoms with Crippen molar-refractivity contribution in [2.45, 2.75) is 24.0 Å². The van der Waals surface area contributed by atoms with Crippen LogP contribution in [0.3, 0.4) is 0 Å². The molecule has 10 nitrogen and oxygen atoms in total. The molecule has 556 valence electrons. The molecular weight excluding hydrogens is 1440 g/mol. The van der Waals surface area contributed by atoms with E-state index < -0.39 is 0 Å². The van der Waals surface area contributed by atoms with E-state index in [9.17, 15) is 0 Å². The zero-order valence-corrected chi connectivity index (χ0v) is 64.0. The molecule has 4 unspecified atom stereocenters. The molecule has 0 spiro atoms. The van der Waals surface area contributed by atoms with Gasteiger partial charge in [0.2, 0.25) is 0 Å². The molecule has 4 aromatic heterocycles. The van der Waals surface area contributed by atoms with E-state index in [0.717, 1.165) is 112 Å². The molecule has 2 aliphatic heterocycles. The highest BCUT2D eigenvalue weighted by molar-refractivity contribution is 5.94. The highest BCUT2D eigenvalue weighted by Crippen LogP contribution is 2.56. The lowest BCUT2D eigenvalue weighted by Crippen LogP contribution is -2.13. The molecule has 0 saturated carbocycles. The Hall–Kier alpha value is -15.5. The maximum Gasteiger partial charge on any atom is 0.164 e. The fraction of sp³-hybridized carbons (Fsp3) is 0.0370. The number of ether oxygens (including phenoxy) is 2. The van der Waals surface area contributed by atoms with Gasteiger partial charge in [-0.05, 0) is 153 Å². The van der Waals surface area contributed by atoms with Crippen molar-refractivity contribution in [1.82, 2.24) is 39.0 Å². The number of hydrogen-bond acceptors (Lipinski definition) is 8. The fourth-order valence-electron chi connectivity index (χ4n) is 17.6. The number of benzene rings is 15. The summed E-state index contributed by atoms with van der Waals surface area (Å²) in [5.41, 5.74) is 28.8. The van der Waals surface area contributed by atoms with Gasteiger partial charge in [0, 0.05) is 89.6 Å². The number of para-hydroxylation sites is 2. The van der Waals surface area contributed by atoms with Crippen molar-refractivity contribution in [2.75, 3.05) is 0 Å². The predicted octanol–water partition coefficient (Wildman–Crippen LogP) is 26.5. The monoisotopic (exact) mass is 1510 g/mol. The molecule has 4 aliphatic rings. The molecule has 0 N–H and O–H groups in total. The van der Waals surface area contributed by atoms with Crippen LogP contribution in [-0.4, -0.2) is 39.0 Å². The number of nitrogens with zero attached hydrogens (tertiary/aromatic N) is 8. The second-order valence-corrected chi connectivity index (χ2v) is 30.3. The summed E-state index contributed by atoms with van der Waals surface area (Å²) in [5.74, 6) is 5.60. The van der Waals surface area contributed by atoms with Gasteiger partial charge < -0.3 is 18.6 Å². The minimum Gasteiger partial charge on any atom is -0.484 e. The van der Waals surface area contributed by atoms with Gasteiger partial charge in [-0.25, -0.2) is 29.9 Å². The summed E-state index contributed by atoms with van der Waals surface area (Å²) >= 11 is 0. The topological polar surface area (TPSA) is 106 Å². The third-order valence-electron chi connectivity index (χ3n) is 23.3. The van der Waals surface area contributed by atoms with Crippen molar-refractivity contribution in [1.29, 1.82) is 0 Å². The molecule has 0 saturated heterocycles. The Morgan fingerprint density at radius 3 is 0.898 bits per heavy atom. The molecule has 2 aliphatic carbocycles. The van der Waals surface area contributed by atoms with Crippen LogP contribution in [0.2, 0.25) is 0 Å². The highest BCUT2D eigenvalue weighted by Gasteiger charge is 2.42. The summed E-state index contributed by atoms with van der Waals surface area (Å²) in [6.07, 6.45) is 8.84. The van der Waals surface area contributed by atoms with Crippen LogP contribution >= 0.6 is 0 Å². The van der Waals surface area contributed by atoms with Crippen LogP contribution in [0, 0.1) is 0 Å². The van der Waals surface area contributed by atoms with Gasteiger partial charge in [0.25, 0.3) is 0 Å². The minimum atomic E-state index is -0.180. The SMILES string of the molecule is C1=CC2c3cc(-c4nc(-c5cccc(-c6ccccc6)c5)nc(-c5cccc(-c6ccccc6)c5)n4)ccc3OC2c2c1n(-c1ccc(-c3ccccc3)cc1)c1ccccc21.C1=CC2c3cc(-c4nc(-c5ccccc5)nc(-c5ccccc5)n4)ccc3OC2c2c1n(-c1cccc(-c3ccc(-c4ccccc4)cc3)c1)c1ccccc21. The van der Waals surface area contributed by atoms with Crippen molar-refractivity contribution < 1.29 is 9.47 Å². The molecule has 4 atom stereocenters. The van der Waals surface area contributed by atoms with Crippen molar-refractivity contribution in [3.05, 3.63) is 434 Å². The van der Waals surface area contributed by atoms with E-state index in [0.29, 0.717) is 34.9 Å². The van der Waals surface area contributed by atoms with Gasteiger partial charge >= 0.3 is 0 Å². The van der Waals surface area contributed by atoms with Crippen LogP contribution in [0.15, 0.2) is 400 Å². The summed E-state index contributed by atoms with van der Waals surface area (Å²) in [7, 11) is 0. The Morgan fingerprint density at radius 1 is 0.212 bits per heavy atom. The summed E-state index contributed by atoms with van der Waals surface area (Å²) in [6, 6.07) is 136. The molecule has 15 aromatic carbocycles. The first-order valence-corrected chi connectivity index (χ1v) is 40.1. The average molecular weight is 1510 g/mol. The van der Waals surface area contributed by atoms with E-state index in [1.807, 2.05) is 72.8 Å². The van der Waals surface area contributed by atoms with E-state index in [2.05, 4.69) is 349 Å². The number of fused-ring (bicyclic) bond motifs is 14. The second-order valence-electron chi connectivity index (χ2n) is 30.3. The molecule has 0 bridgehead atoms. The lowest BCUT2D eigenvalue weighted by Gasteiger charge is -2.22. The summed E-state index contributed by atoms with van der Waals surface area (Å²) in [5, 5.41) is 2.40. The van der Waals surface area contributed by atoms with Gasteiger partial charge in [-0.15, -0.1) is 0 Å². The number of rotatable bonds is 13. The average Bonchev–Trinajstić information content (AvgIpc) is 1.56. The molecule has 0 fully saturated rings. The molecule has 23 rings (SSSR count). The molecule has 19 aromatic rings. The zero-order chi connectivity index (χ0) is 78.0. The first kappa shape index (κ1) is 69.2. The number of hydrogen-bond donors (Lipinski definition) is 0. The van der Waals surface area contributed by atoms with Crippen LogP contribution in [0.4, 0.5) is 0 Å². The van der Waals surface area contributed by atoms with Crippen LogP contribution in [0.25, 0.3) is 169 Å². The van der Waals surface area contributed by atoms with E-state index in [4.69, 9.17) is 39.4 Å². The lowest BCUT2D eigenvalue weighted by molar-refractivity contribution is 0.224. The Bertz CT molecular complexity index is 6950. The van der Waals surface area contributed by atoms with Gasteiger partial charge in [-0.3, -0.25) is 0 Å². The van der Waals surface area contributed by atoms with Crippen molar-refractivity contribution in [3.8, 4) is 147 Å². The number of aromatic nitrogens is 8. The summed E-state index contributed by atoms with van der Waals surface area (Å²) in [4.78, 5) is 30.5. The smallest absolute Gasteiger partial charge is 0.164 e. The first-order chi connectivity index (χ1) is 58.5. The van der Waals surface area contributed by atoms with Crippen LogP contribution in [0.1, 0.15) is 57.7 Å². The third kappa shape index (κ3) is 12.6. The van der Waals surface area contributed by atoms with E-state index in [1.165, 1.54) is 55.3 Å². The molecule has 0 amide bonds. The Labute approximate surface area is 683 Å².